The number of methoxy groups -OCH3 is 1. The second kappa shape index (κ2) is 8.09. The second-order valence-corrected chi connectivity index (χ2v) is 8.55. The number of halogens is 1. The van der Waals surface area contributed by atoms with Gasteiger partial charge in [0, 0.05) is 11.1 Å². The van der Waals surface area contributed by atoms with Gasteiger partial charge >= 0.3 is 5.97 Å². The summed E-state index contributed by atoms with van der Waals surface area (Å²) in [5.74, 6) is 0.603. The molecule has 0 bridgehead atoms. The molecule has 174 valence electrons. The first kappa shape index (κ1) is 21.1. The van der Waals surface area contributed by atoms with Crippen molar-refractivity contribution in [1.82, 2.24) is 14.8 Å². The summed E-state index contributed by atoms with van der Waals surface area (Å²) in [4.78, 5) is 16.4. The molecular formula is C27H21FN4O3. The average Bonchev–Trinajstić information content (AvgIpc) is 3.36. The molecule has 0 saturated carbocycles. The highest BCUT2D eigenvalue weighted by Crippen LogP contribution is 2.50. The Bertz CT molecular complexity index is 1480. The molecule has 3 aromatic carbocycles. The van der Waals surface area contributed by atoms with Gasteiger partial charge in [0.1, 0.15) is 30.0 Å². The molecule has 0 aliphatic carbocycles. The molecule has 1 N–H and O–H groups in total. The van der Waals surface area contributed by atoms with Gasteiger partial charge in [0.15, 0.2) is 0 Å². The number of anilines is 1. The van der Waals surface area contributed by atoms with Gasteiger partial charge in [-0.15, -0.1) is 0 Å². The summed E-state index contributed by atoms with van der Waals surface area (Å²) < 4.78 is 27.0. The van der Waals surface area contributed by atoms with Gasteiger partial charge in [-0.2, -0.15) is 10.1 Å². The van der Waals surface area contributed by atoms with Gasteiger partial charge in [-0.1, -0.05) is 35.9 Å². The number of carbonyl (C=O) groups is 1. The molecule has 35 heavy (non-hydrogen) atoms. The van der Waals surface area contributed by atoms with Crippen molar-refractivity contribution in [3.63, 3.8) is 0 Å². The quantitative estimate of drug-likeness (QED) is 0.423. The first-order chi connectivity index (χ1) is 17.0. The molecule has 2 aliphatic rings. The van der Waals surface area contributed by atoms with E-state index in [9.17, 15) is 9.18 Å². The lowest BCUT2D eigenvalue weighted by Gasteiger charge is -2.39. The van der Waals surface area contributed by atoms with Crippen molar-refractivity contribution in [1.29, 1.82) is 0 Å². The van der Waals surface area contributed by atoms with Crippen LogP contribution in [0.15, 0.2) is 78.6 Å². The predicted molar refractivity (Wildman–Crippen MR) is 127 cm³/mol. The molecule has 0 saturated heterocycles. The topological polar surface area (TPSA) is 78.3 Å². The van der Waals surface area contributed by atoms with E-state index in [0.717, 1.165) is 39.3 Å². The van der Waals surface area contributed by atoms with Crippen molar-refractivity contribution >= 4 is 17.6 Å². The molecule has 7 nitrogen and oxygen atoms in total. The molecule has 0 radical (unpaired) electrons. The predicted octanol–water partition coefficient (Wildman–Crippen LogP) is 5.07. The van der Waals surface area contributed by atoms with E-state index >= 15 is 0 Å². The minimum Gasteiger partial charge on any atom is -0.480 e. The van der Waals surface area contributed by atoms with Gasteiger partial charge in [0.25, 0.3) is 0 Å². The zero-order chi connectivity index (χ0) is 24.1. The molecule has 3 heterocycles. The van der Waals surface area contributed by atoms with Gasteiger partial charge in [0.05, 0.1) is 18.4 Å². The van der Waals surface area contributed by atoms with Gasteiger partial charge in [-0.05, 0) is 54.4 Å². The van der Waals surface area contributed by atoms with E-state index in [1.54, 1.807) is 28.9 Å². The third-order valence-electron chi connectivity index (χ3n) is 6.39. The smallest absolute Gasteiger partial charge is 0.337 e. The third-order valence-corrected chi connectivity index (χ3v) is 6.39. The molecule has 2 atom stereocenters. The highest BCUT2D eigenvalue weighted by molar-refractivity contribution is 5.89. The van der Waals surface area contributed by atoms with Crippen molar-refractivity contribution in [3.8, 4) is 5.75 Å². The highest BCUT2D eigenvalue weighted by Gasteiger charge is 2.41. The monoisotopic (exact) mass is 468 g/mol. The van der Waals surface area contributed by atoms with Crippen molar-refractivity contribution in [3.05, 3.63) is 112 Å². The fourth-order valence-corrected chi connectivity index (χ4v) is 4.74. The number of hydrogen-bond acceptors (Lipinski definition) is 6. The number of esters is 1. The third kappa shape index (κ3) is 3.45. The lowest BCUT2D eigenvalue weighted by Crippen LogP contribution is -2.32. The van der Waals surface area contributed by atoms with Crippen LogP contribution in [0.1, 0.15) is 44.8 Å². The summed E-state index contributed by atoms with van der Waals surface area (Å²) in [7, 11) is 1.35. The Morgan fingerprint density at radius 3 is 2.54 bits per heavy atom. The van der Waals surface area contributed by atoms with E-state index in [0.29, 0.717) is 11.5 Å². The largest absolute Gasteiger partial charge is 0.480 e. The fourth-order valence-electron chi connectivity index (χ4n) is 4.74. The Balaban J connectivity index is 1.57. The summed E-state index contributed by atoms with van der Waals surface area (Å²) in [6.07, 6.45) is 1.00. The van der Waals surface area contributed by atoms with Crippen LogP contribution in [0.3, 0.4) is 0 Å². The molecule has 0 fully saturated rings. The number of nitrogens with zero attached hydrogens (tertiary/aromatic N) is 3. The Morgan fingerprint density at radius 2 is 1.80 bits per heavy atom. The van der Waals surface area contributed by atoms with Crippen LogP contribution in [-0.4, -0.2) is 27.8 Å². The number of nitrogens with one attached hydrogen (secondary N) is 1. The Hall–Kier alpha value is -4.46. The molecule has 8 heteroatoms. The van der Waals surface area contributed by atoms with E-state index < -0.39 is 12.1 Å². The SMILES string of the molecule is COC(=O)c1ccc(C2Oc3ccc(C)cc3C3=C2C(c2ccc(F)cc2)n2ncnc2N3)cc1. The Morgan fingerprint density at radius 1 is 1.06 bits per heavy atom. The van der Waals surface area contributed by atoms with Crippen LogP contribution < -0.4 is 10.1 Å². The lowest BCUT2D eigenvalue weighted by molar-refractivity contribution is 0.0600. The average molecular weight is 468 g/mol. The Labute approximate surface area is 200 Å². The normalized spacial score (nSPS) is 18.0. The van der Waals surface area contributed by atoms with Crippen LogP contribution in [0, 0.1) is 12.7 Å². The van der Waals surface area contributed by atoms with E-state index in [1.165, 1.54) is 25.6 Å². The maximum atomic E-state index is 13.8. The molecule has 2 aliphatic heterocycles. The first-order valence-electron chi connectivity index (χ1n) is 11.2. The number of benzene rings is 3. The summed E-state index contributed by atoms with van der Waals surface area (Å²) in [5, 5.41) is 7.93. The van der Waals surface area contributed by atoms with Gasteiger partial charge < -0.3 is 14.8 Å². The molecule has 2 unspecified atom stereocenters. The van der Waals surface area contributed by atoms with Crippen LogP contribution >= 0.6 is 0 Å². The van der Waals surface area contributed by atoms with Crippen LogP contribution in [-0.2, 0) is 4.74 Å². The second-order valence-electron chi connectivity index (χ2n) is 8.55. The summed E-state index contributed by atoms with van der Waals surface area (Å²) in [5.41, 5.74) is 5.96. The molecule has 0 spiro atoms. The van der Waals surface area contributed by atoms with Crippen LogP contribution in [0.4, 0.5) is 10.3 Å². The van der Waals surface area contributed by atoms with Gasteiger partial charge in [-0.25, -0.2) is 13.9 Å². The maximum absolute atomic E-state index is 13.8. The van der Waals surface area contributed by atoms with Gasteiger partial charge in [0.2, 0.25) is 5.95 Å². The minimum atomic E-state index is -0.494. The zero-order valence-corrected chi connectivity index (χ0v) is 19.0. The summed E-state index contributed by atoms with van der Waals surface area (Å²) in [6, 6.07) is 19.2. The maximum Gasteiger partial charge on any atom is 0.337 e. The van der Waals surface area contributed by atoms with E-state index in [4.69, 9.17) is 9.47 Å². The Kier molecular flexibility index (Phi) is 4.88. The number of aromatic nitrogens is 3. The zero-order valence-electron chi connectivity index (χ0n) is 19.0. The highest BCUT2D eigenvalue weighted by atomic mass is 19.1. The van der Waals surface area contributed by atoms with Crippen LogP contribution in [0.5, 0.6) is 5.75 Å². The molecule has 6 rings (SSSR count). The van der Waals surface area contributed by atoms with Crippen molar-refractivity contribution < 1.29 is 18.7 Å². The van der Waals surface area contributed by atoms with Crippen LogP contribution in [0.2, 0.25) is 0 Å². The first-order valence-corrected chi connectivity index (χ1v) is 11.2. The summed E-state index contributed by atoms with van der Waals surface area (Å²) in [6.45, 7) is 2.03. The van der Waals surface area contributed by atoms with E-state index in [-0.39, 0.29) is 11.9 Å². The standard InChI is InChI=1S/C27H21FN4O3/c1-15-3-12-21-20(13-15)23-22(25(35-21)17-4-6-18(7-5-17)26(33)34-2)24(16-8-10-19(28)11-9-16)32-27(31-23)29-14-30-32/h3-14,24-25H,1-2H3,(H,29,30,31). The molecule has 4 aromatic rings. The van der Waals surface area contributed by atoms with E-state index in [2.05, 4.69) is 21.5 Å². The number of carbonyl (C=O) groups excluding carboxylic acids is 1. The number of rotatable bonds is 3. The van der Waals surface area contributed by atoms with E-state index in [1.807, 2.05) is 31.2 Å². The molecule has 0 amide bonds. The molecular weight excluding hydrogens is 447 g/mol. The van der Waals surface area contributed by atoms with Crippen LogP contribution in [0.25, 0.3) is 5.70 Å². The lowest BCUT2D eigenvalue weighted by atomic mass is 9.84. The van der Waals surface area contributed by atoms with Gasteiger partial charge in [-0.3, -0.25) is 0 Å². The number of aryl methyl sites for hydroxylation is 1. The summed E-state index contributed by atoms with van der Waals surface area (Å²) >= 11 is 0. The number of fused-ring (bicyclic) bond motifs is 3. The van der Waals surface area contributed by atoms with Crippen molar-refractivity contribution in [2.75, 3.05) is 12.4 Å². The minimum absolute atomic E-state index is 0.313. The van der Waals surface area contributed by atoms with Crippen molar-refractivity contribution in [2.45, 2.75) is 19.1 Å². The fraction of sp³-hybridized carbons (Fsp3) is 0.148. The van der Waals surface area contributed by atoms with Crippen molar-refractivity contribution in [2.24, 2.45) is 0 Å². The number of hydrogen-bond donors (Lipinski definition) is 1. The number of ether oxygens (including phenoxy) is 2. The molecule has 1 aromatic heterocycles.